The molecule has 178 valence electrons. The lowest BCUT2D eigenvalue weighted by atomic mass is 9.97. The van der Waals surface area contributed by atoms with Gasteiger partial charge in [-0.25, -0.2) is 15.0 Å². The average molecular weight is 477 g/mol. The van der Waals surface area contributed by atoms with Gasteiger partial charge in [-0.2, -0.15) is 8.78 Å². The average Bonchev–Trinajstić information content (AvgIpc) is 3.30. The lowest BCUT2D eigenvalue weighted by Crippen LogP contribution is -2.28. The highest BCUT2D eigenvalue weighted by Crippen LogP contribution is 2.47. The van der Waals surface area contributed by atoms with Crippen molar-refractivity contribution >= 4 is 16.9 Å². The van der Waals surface area contributed by atoms with E-state index in [1.165, 1.54) is 12.1 Å². The summed E-state index contributed by atoms with van der Waals surface area (Å²) in [5.74, 6) is 0.633. The Morgan fingerprint density at radius 2 is 1.94 bits per heavy atom. The highest BCUT2D eigenvalue weighted by molar-refractivity contribution is 5.98. The predicted molar refractivity (Wildman–Crippen MR) is 122 cm³/mol. The number of fused-ring (bicyclic) bond motifs is 9. The van der Waals surface area contributed by atoms with Crippen molar-refractivity contribution in [1.82, 2.24) is 24.8 Å². The molecule has 1 amide bonds. The number of benzene rings is 2. The normalized spacial score (nSPS) is 18.9. The van der Waals surface area contributed by atoms with Gasteiger partial charge in [0.25, 0.3) is 5.91 Å². The zero-order valence-corrected chi connectivity index (χ0v) is 18.9. The Labute approximate surface area is 198 Å². The molecule has 0 saturated heterocycles. The molecule has 0 unspecified atom stereocenters. The van der Waals surface area contributed by atoms with Crippen molar-refractivity contribution in [2.75, 3.05) is 0 Å². The van der Waals surface area contributed by atoms with Crippen molar-refractivity contribution < 1.29 is 23.4 Å². The van der Waals surface area contributed by atoms with E-state index in [2.05, 4.69) is 15.3 Å². The Morgan fingerprint density at radius 3 is 2.66 bits per heavy atom. The van der Waals surface area contributed by atoms with Crippen LogP contribution in [-0.2, 0) is 5.60 Å². The summed E-state index contributed by atoms with van der Waals surface area (Å²) in [6.45, 7) is 0.224. The smallest absolute Gasteiger partial charge is 0.387 e. The summed E-state index contributed by atoms with van der Waals surface area (Å²) < 4.78 is 33.2. The van der Waals surface area contributed by atoms with Gasteiger partial charge in [0.1, 0.15) is 17.2 Å². The van der Waals surface area contributed by atoms with Gasteiger partial charge in [-0.1, -0.05) is 12.1 Å². The van der Waals surface area contributed by atoms with Gasteiger partial charge in [0.2, 0.25) is 0 Å². The minimum absolute atomic E-state index is 0.0141. The summed E-state index contributed by atoms with van der Waals surface area (Å²) in [6, 6.07) is 9.57. The molecule has 8 nitrogen and oxygen atoms in total. The number of aromatic nitrogens is 4. The van der Waals surface area contributed by atoms with Gasteiger partial charge >= 0.3 is 6.61 Å². The first-order valence-corrected chi connectivity index (χ1v) is 11.2. The van der Waals surface area contributed by atoms with Crippen molar-refractivity contribution in [2.24, 2.45) is 0 Å². The van der Waals surface area contributed by atoms with Gasteiger partial charge in [0.05, 0.1) is 23.1 Å². The molecule has 0 fully saturated rings. The maximum absolute atomic E-state index is 13.2. The minimum atomic E-state index is -3.01. The molecule has 6 rings (SSSR count). The zero-order chi connectivity index (χ0) is 24.5. The van der Waals surface area contributed by atoms with Crippen LogP contribution in [0.2, 0.25) is 0 Å². The summed E-state index contributed by atoms with van der Waals surface area (Å²) >= 11 is 0. The van der Waals surface area contributed by atoms with Crippen LogP contribution in [0.3, 0.4) is 0 Å². The van der Waals surface area contributed by atoms with E-state index in [0.29, 0.717) is 29.2 Å². The molecule has 2 aliphatic rings. The van der Waals surface area contributed by atoms with E-state index in [-0.39, 0.29) is 17.7 Å². The molecule has 35 heavy (non-hydrogen) atoms. The molecule has 2 bridgehead atoms. The summed E-state index contributed by atoms with van der Waals surface area (Å²) in [6.07, 6.45) is 3.78. The molecule has 0 radical (unpaired) electrons. The third-order valence-corrected chi connectivity index (χ3v) is 6.50. The second kappa shape index (κ2) is 7.54. The molecule has 2 aromatic carbocycles. The number of hydrogen-bond donors (Lipinski definition) is 2. The lowest BCUT2D eigenvalue weighted by molar-refractivity contribution is -0.0507. The predicted octanol–water partition coefficient (Wildman–Crippen LogP) is 4.10. The second-order valence-electron chi connectivity index (χ2n) is 9.27. The van der Waals surface area contributed by atoms with Gasteiger partial charge in [-0.15, -0.1) is 0 Å². The van der Waals surface area contributed by atoms with E-state index >= 15 is 0 Å². The van der Waals surface area contributed by atoms with Crippen LogP contribution in [-0.4, -0.2) is 37.1 Å². The number of imidazole rings is 1. The standard InChI is InChI=1S/C25H21F2N5O3/c1-25(2,34)23-28-10-13(11-29-23)12-6-7-15-17(8-12)32-18-9-16(21(32)30-15)31-22(33)14-4-3-5-19(20(14)18)35-24(26)27/h3-8,10-11,16,18,24,34H,9H2,1-2H3,(H,31,33)/t16-,18+/m1/s1. The number of carbonyl (C=O) groups is 1. The minimum Gasteiger partial charge on any atom is -0.434 e. The fourth-order valence-electron chi connectivity index (χ4n) is 4.98. The molecule has 4 heterocycles. The third kappa shape index (κ3) is 3.44. The third-order valence-electron chi connectivity index (χ3n) is 6.50. The highest BCUT2D eigenvalue weighted by Gasteiger charge is 2.42. The first-order valence-electron chi connectivity index (χ1n) is 11.2. The van der Waals surface area contributed by atoms with Crippen molar-refractivity contribution in [1.29, 1.82) is 0 Å². The van der Waals surface area contributed by atoms with Crippen molar-refractivity contribution in [3.8, 4) is 16.9 Å². The molecule has 2 N–H and O–H groups in total. The summed E-state index contributed by atoms with van der Waals surface area (Å²) in [4.78, 5) is 26.2. The van der Waals surface area contributed by atoms with Crippen LogP contribution in [0, 0.1) is 0 Å². The largest absolute Gasteiger partial charge is 0.434 e. The van der Waals surface area contributed by atoms with Crippen molar-refractivity contribution in [3.63, 3.8) is 0 Å². The Kier molecular flexibility index (Phi) is 4.65. The highest BCUT2D eigenvalue weighted by atomic mass is 19.3. The summed E-state index contributed by atoms with van der Waals surface area (Å²) in [5.41, 5.74) is 2.69. The molecule has 2 aromatic heterocycles. The van der Waals surface area contributed by atoms with Gasteiger partial charge in [0, 0.05) is 29.1 Å². The van der Waals surface area contributed by atoms with E-state index in [1.54, 1.807) is 32.3 Å². The van der Waals surface area contributed by atoms with E-state index in [1.807, 2.05) is 22.8 Å². The van der Waals surface area contributed by atoms with Gasteiger partial charge in [-0.3, -0.25) is 4.79 Å². The van der Waals surface area contributed by atoms with Crippen LogP contribution >= 0.6 is 0 Å². The lowest BCUT2D eigenvalue weighted by Gasteiger charge is -2.21. The van der Waals surface area contributed by atoms with E-state index in [4.69, 9.17) is 9.72 Å². The van der Waals surface area contributed by atoms with Crippen molar-refractivity contribution in [3.05, 3.63) is 71.6 Å². The fraction of sp³-hybridized carbons (Fsp3) is 0.280. The van der Waals surface area contributed by atoms with Crippen molar-refractivity contribution in [2.45, 2.75) is 44.6 Å². The summed E-state index contributed by atoms with van der Waals surface area (Å²) in [5, 5.41) is 13.1. The maximum atomic E-state index is 13.2. The van der Waals surface area contributed by atoms with E-state index in [9.17, 15) is 18.7 Å². The number of ether oxygens (including phenoxy) is 1. The first kappa shape index (κ1) is 21.6. The Hall–Kier alpha value is -3.92. The van der Waals surface area contributed by atoms with Gasteiger partial charge in [-0.05, 0) is 50.1 Å². The molecule has 0 spiro atoms. The Morgan fingerprint density at radius 1 is 1.17 bits per heavy atom. The van der Waals surface area contributed by atoms with E-state index < -0.39 is 18.3 Å². The second-order valence-corrected chi connectivity index (χ2v) is 9.27. The Bertz CT molecular complexity index is 1480. The molecule has 4 aromatic rings. The monoisotopic (exact) mass is 477 g/mol. The fourth-order valence-corrected chi connectivity index (χ4v) is 4.98. The van der Waals surface area contributed by atoms with E-state index in [0.717, 1.165) is 22.2 Å². The number of carbonyl (C=O) groups excluding carboxylic acids is 1. The summed E-state index contributed by atoms with van der Waals surface area (Å²) in [7, 11) is 0. The van der Waals surface area contributed by atoms with Crippen LogP contribution in [0.5, 0.6) is 5.75 Å². The number of rotatable bonds is 4. The van der Waals surface area contributed by atoms with Crippen LogP contribution in [0.1, 0.15) is 59.9 Å². The first-order chi connectivity index (χ1) is 16.7. The molecule has 2 aliphatic heterocycles. The number of nitrogens with one attached hydrogen (secondary N) is 1. The SMILES string of the molecule is CC(C)(O)c1ncc(-c2ccc3nc4n(c3c2)[C@H]2C[C@H]4NC(=O)c3cccc(OC(F)F)c32)cn1. The van der Waals surface area contributed by atoms with Crippen LogP contribution in [0.4, 0.5) is 8.78 Å². The Balaban J connectivity index is 1.50. The quantitative estimate of drug-likeness (QED) is 0.459. The molecular formula is C25H21F2N5O3. The molecule has 2 atom stereocenters. The molecular weight excluding hydrogens is 456 g/mol. The zero-order valence-electron chi connectivity index (χ0n) is 18.9. The number of hydrogen-bond acceptors (Lipinski definition) is 6. The van der Waals surface area contributed by atoms with Crippen LogP contribution in [0.25, 0.3) is 22.2 Å². The van der Waals surface area contributed by atoms with Crippen LogP contribution in [0.15, 0.2) is 48.8 Å². The number of nitrogens with zero attached hydrogens (tertiary/aromatic N) is 4. The number of alkyl halides is 2. The number of halogens is 2. The van der Waals surface area contributed by atoms with Gasteiger partial charge < -0.3 is 19.7 Å². The topological polar surface area (TPSA) is 102 Å². The molecule has 0 saturated carbocycles. The molecule has 0 aliphatic carbocycles. The van der Waals surface area contributed by atoms with Crippen LogP contribution < -0.4 is 10.1 Å². The van der Waals surface area contributed by atoms with Gasteiger partial charge in [0.15, 0.2) is 5.82 Å². The maximum Gasteiger partial charge on any atom is 0.387 e. The number of amides is 1. The molecule has 10 heteroatoms. The number of aliphatic hydroxyl groups is 1.